The minimum atomic E-state index is 0.749. The van der Waals surface area contributed by atoms with Gasteiger partial charge in [-0.25, -0.2) is 0 Å². The zero-order valence-electron chi connectivity index (χ0n) is 16.8. The average Bonchev–Trinajstić information content (AvgIpc) is 2.95. The summed E-state index contributed by atoms with van der Waals surface area (Å²) in [6.07, 6.45) is 11.2. The molecule has 1 aromatic heterocycles. The maximum absolute atomic E-state index is 2.56. The van der Waals surface area contributed by atoms with Crippen molar-refractivity contribution in [1.82, 2.24) is 4.57 Å². The van der Waals surface area contributed by atoms with Gasteiger partial charge in [-0.3, -0.25) is 0 Å². The Morgan fingerprint density at radius 3 is 2.64 bits per heavy atom. The summed E-state index contributed by atoms with van der Waals surface area (Å²) >= 11 is 0. The van der Waals surface area contributed by atoms with E-state index < -0.39 is 0 Å². The van der Waals surface area contributed by atoms with Gasteiger partial charge < -0.3 is 4.57 Å². The molecular weight excluding hydrogens is 302 g/mol. The van der Waals surface area contributed by atoms with Crippen molar-refractivity contribution >= 4 is 10.9 Å². The number of hydrogen-bond donors (Lipinski definition) is 0. The second-order valence-corrected chi connectivity index (χ2v) is 8.73. The summed E-state index contributed by atoms with van der Waals surface area (Å²) in [5.41, 5.74) is 4.58. The van der Waals surface area contributed by atoms with Crippen LogP contribution >= 0.6 is 0 Å². The normalized spacial score (nSPS) is 22.4. The summed E-state index contributed by atoms with van der Waals surface area (Å²) in [6, 6.07) is 9.24. The van der Waals surface area contributed by atoms with Crippen LogP contribution in [0.5, 0.6) is 0 Å². The van der Waals surface area contributed by atoms with Crippen molar-refractivity contribution in [1.29, 1.82) is 0 Å². The lowest BCUT2D eigenvalue weighted by atomic mass is 9.70. The topological polar surface area (TPSA) is 4.93 Å². The first-order valence-corrected chi connectivity index (χ1v) is 10.2. The Labute approximate surface area is 154 Å². The molecule has 1 heterocycles. The molecule has 0 amide bonds. The van der Waals surface area contributed by atoms with Crippen molar-refractivity contribution in [2.75, 3.05) is 0 Å². The molecule has 0 unspecified atom stereocenters. The van der Waals surface area contributed by atoms with Gasteiger partial charge >= 0.3 is 0 Å². The van der Waals surface area contributed by atoms with E-state index in [1.807, 2.05) is 0 Å². The fourth-order valence-electron chi connectivity index (χ4n) is 4.83. The standard InChI is InChI=1S/C24H35N/c1-6-21-9-7-19(13-17(2)3)15-23(21)18(4)14-20-8-10-22-11-12-25(5)24(22)16-20/h7-8,10-12,16-18,21,23H,6,9,13-15H2,1-5H3/t18-,21-,23-/m0/s1. The number of benzene rings is 1. The van der Waals surface area contributed by atoms with Crippen LogP contribution < -0.4 is 0 Å². The van der Waals surface area contributed by atoms with E-state index in [0.717, 1.165) is 23.7 Å². The van der Waals surface area contributed by atoms with E-state index in [1.54, 1.807) is 5.57 Å². The largest absolute Gasteiger partial charge is 0.351 e. The van der Waals surface area contributed by atoms with E-state index in [4.69, 9.17) is 0 Å². The zero-order valence-corrected chi connectivity index (χ0v) is 16.8. The van der Waals surface area contributed by atoms with Crippen molar-refractivity contribution in [3.63, 3.8) is 0 Å². The molecule has 25 heavy (non-hydrogen) atoms. The van der Waals surface area contributed by atoms with Crippen LogP contribution in [0.3, 0.4) is 0 Å². The maximum atomic E-state index is 2.56. The highest BCUT2D eigenvalue weighted by Gasteiger charge is 2.29. The third-order valence-corrected chi connectivity index (χ3v) is 6.25. The van der Waals surface area contributed by atoms with Crippen molar-refractivity contribution in [3.05, 3.63) is 47.7 Å². The minimum Gasteiger partial charge on any atom is -0.351 e. The molecule has 0 fully saturated rings. The molecule has 0 saturated heterocycles. The second-order valence-electron chi connectivity index (χ2n) is 8.73. The highest BCUT2D eigenvalue weighted by molar-refractivity contribution is 5.80. The summed E-state index contributed by atoms with van der Waals surface area (Å²) in [5, 5.41) is 1.35. The molecule has 1 aromatic carbocycles. The van der Waals surface area contributed by atoms with Crippen LogP contribution in [0, 0.1) is 23.7 Å². The number of aromatic nitrogens is 1. The van der Waals surface area contributed by atoms with Gasteiger partial charge in [0.15, 0.2) is 0 Å². The van der Waals surface area contributed by atoms with E-state index in [-0.39, 0.29) is 0 Å². The van der Waals surface area contributed by atoms with Gasteiger partial charge in [-0.1, -0.05) is 57.9 Å². The first-order valence-electron chi connectivity index (χ1n) is 10.2. The summed E-state index contributed by atoms with van der Waals surface area (Å²) < 4.78 is 2.24. The molecule has 1 aliphatic rings. The minimum absolute atomic E-state index is 0.749. The monoisotopic (exact) mass is 337 g/mol. The summed E-state index contributed by atoms with van der Waals surface area (Å²) in [7, 11) is 2.15. The summed E-state index contributed by atoms with van der Waals surface area (Å²) in [5.74, 6) is 3.23. The quantitative estimate of drug-likeness (QED) is 0.513. The number of aryl methyl sites for hydroxylation is 1. The van der Waals surface area contributed by atoms with E-state index >= 15 is 0 Å². The number of hydrogen-bond acceptors (Lipinski definition) is 0. The summed E-state index contributed by atoms with van der Waals surface area (Å²) in [6.45, 7) is 9.56. The Kier molecular flexibility index (Phi) is 5.71. The van der Waals surface area contributed by atoms with Gasteiger partial charge in [0.25, 0.3) is 0 Å². The molecule has 0 aliphatic heterocycles. The summed E-state index contributed by atoms with van der Waals surface area (Å²) in [4.78, 5) is 0. The molecule has 3 atom stereocenters. The number of allylic oxidation sites excluding steroid dienone is 2. The molecule has 136 valence electrons. The Balaban J connectivity index is 1.74. The first-order chi connectivity index (χ1) is 12.0. The molecule has 0 spiro atoms. The molecule has 0 N–H and O–H groups in total. The lowest BCUT2D eigenvalue weighted by molar-refractivity contribution is 0.216. The van der Waals surface area contributed by atoms with Crippen molar-refractivity contribution in [2.45, 2.75) is 59.8 Å². The van der Waals surface area contributed by atoms with Gasteiger partial charge in [0.05, 0.1) is 0 Å². The van der Waals surface area contributed by atoms with Crippen molar-refractivity contribution in [2.24, 2.45) is 30.7 Å². The van der Waals surface area contributed by atoms with Crippen LogP contribution in [0.4, 0.5) is 0 Å². The predicted molar refractivity (Wildman–Crippen MR) is 110 cm³/mol. The van der Waals surface area contributed by atoms with Gasteiger partial charge in [-0.05, 0) is 72.4 Å². The van der Waals surface area contributed by atoms with Gasteiger partial charge in [-0.2, -0.15) is 0 Å². The van der Waals surface area contributed by atoms with Gasteiger partial charge in [0.2, 0.25) is 0 Å². The van der Waals surface area contributed by atoms with Crippen LogP contribution in [-0.4, -0.2) is 4.57 Å². The SMILES string of the molecule is CC[C@H]1CC=C(CC(C)C)C[C@H]1[C@@H](C)Cc1ccc2ccn(C)c2c1. The van der Waals surface area contributed by atoms with Gasteiger partial charge in [-0.15, -0.1) is 0 Å². The van der Waals surface area contributed by atoms with Crippen LogP contribution in [0.25, 0.3) is 10.9 Å². The lowest BCUT2D eigenvalue weighted by Gasteiger charge is -2.36. The maximum Gasteiger partial charge on any atom is 0.0480 e. The Hall–Kier alpha value is -1.50. The molecule has 1 nitrogen and oxygen atoms in total. The van der Waals surface area contributed by atoms with Crippen molar-refractivity contribution in [3.8, 4) is 0 Å². The van der Waals surface area contributed by atoms with E-state index in [2.05, 4.69) is 75.8 Å². The predicted octanol–water partition coefficient (Wildman–Crippen LogP) is 6.77. The first kappa shape index (κ1) is 18.3. The van der Waals surface area contributed by atoms with E-state index in [9.17, 15) is 0 Å². The Morgan fingerprint density at radius 1 is 1.12 bits per heavy atom. The van der Waals surface area contributed by atoms with E-state index in [0.29, 0.717) is 0 Å². The average molecular weight is 338 g/mol. The van der Waals surface area contributed by atoms with Gasteiger partial charge in [0.1, 0.15) is 0 Å². The van der Waals surface area contributed by atoms with Crippen LogP contribution in [0.15, 0.2) is 42.1 Å². The number of rotatable bonds is 6. The number of nitrogens with zero attached hydrogens (tertiary/aromatic N) is 1. The van der Waals surface area contributed by atoms with Crippen molar-refractivity contribution < 1.29 is 0 Å². The molecule has 0 bridgehead atoms. The molecular formula is C24H35N. The van der Waals surface area contributed by atoms with Crippen LogP contribution in [0.1, 0.15) is 58.9 Å². The molecule has 0 saturated carbocycles. The molecule has 1 heteroatoms. The van der Waals surface area contributed by atoms with Crippen LogP contribution in [0.2, 0.25) is 0 Å². The molecule has 3 rings (SSSR count). The fourth-order valence-corrected chi connectivity index (χ4v) is 4.83. The number of fused-ring (bicyclic) bond motifs is 1. The Bertz CT molecular complexity index is 734. The molecule has 0 radical (unpaired) electrons. The fraction of sp³-hybridized carbons (Fsp3) is 0.583. The lowest BCUT2D eigenvalue weighted by Crippen LogP contribution is -2.26. The van der Waals surface area contributed by atoms with Gasteiger partial charge in [0, 0.05) is 18.8 Å². The highest BCUT2D eigenvalue weighted by Crippen LogP contribution is 2.39. The molecule has 1 aliphatic carbocycles. The second kappa shape index (κ2) is 7.81. The Morgan fingerprint density at radius 2 is 1.92 bits per heavy atom. The highest BCUT2D eigenvalue weighted by atomic mass is 14.9. The smallest absolute Gasteiger partial charge is 0.0480 e. The third-order valence-electron chi connectivity index (χ3n) is 6.25. The third kappa shape index (κ3) is 4.19. The zero-order chi connectivity index (χ0) is 18.0. The van der Waals surface area contributed by atoms with Crippen LogP contribution in [-0.2, 0) is 13.5 Å². The molecule has 2 aromatic rings. The van der Waals surface area contributed by atoms with E-state index in [1.165, 1.54) is 48.6 Å².